The highest BCUT2D eigenvalue weighted by Crippen LogP contribution is 2.22. The molecule has 1 fully saturated rings. The number of furan rings is 1. The second kappa shape index (κ2) is 6.30. The molecular weight excluding hydrogens is 272 g/mol. The van der Waals surface area contributed by atoms with Gasteiger partial charge in [0.05, 0.1) is 18.2 Å². The Labute approximate surface area is 124 Å². The van der Waals surface area contributed by atoms with Crippen molar-refractivity contribution in [1.29, 1.82) is 0 Å². The molecule has 0 saturated carbocycles. The highest BCUT2D eigenvalue weighted by Gasteiger charge is 2.33. The van der Waals surface area contributed by atoms with Crippen LogP contribution in [0.25, 0.3) is 0 Å². The minimum absolute atomic E-state index is 0.0422. The van der Waals surface area contributed by atoms with Crippen LogP contribution in [0.3, 0.4) is 0 Å². The van der Waals surface area contributed by atoms with Crippen molar-refractivity contribution in [2.24, 2.45) is 5.41 Å². The van der Waals surface area contributed by atoms with Gasteiger partial charge in [0, 0.05) is 32.6 Å². The molecule has 0 aliphatic carbocycles. The second-order valence-corrected chi connectivity index (χ2v) is 6.10. The first-order valence-electron chi connectivity index (χ1n) is 7.14. The third kappa shape index (κ3) is 4.07. The number of nitrogens with zero attached hydrogens (tertiary/aromatic N) is 2. The maximum absolute atomic E-state index is 12.2. The summed E-state index contributed by atoms with van der Waals surface area (Å²) in [6.07, 6.45) is 1.70. The zero-order chi connectivity index (χ0) is 15.5. The zero-order valence-electron chi connectivity index (χ0n) is 12.5. The predicted molar refractivity (Wildman–Crippen MR) is 76.6 cm³/mol. The number of rotatable bonds is 5. The van der Waals surface area contributed by atoms with Crippen LogP contribution < -0.4 is 0 Å². The summed E-state index contributed by atoms with van der Waals surface area (Å²) < 4.78 is 5.32. The summed E-state index contributed by atoms with van der Waals surface area (Å²) >= 11 is 0. The molecule has 0 unspecified atom stereocenters. The molecule has 0 spiro atoms. The first-order valence-corrected chi connectivity index (χ1v) is 7.14. The van der Waals surface area contributed by atoms with Crippen LogP contribution in [-0.2, 0) is 16.1 Å². The van der Waals surface area contributed by atoms with Crippen LogP contribution in [0.5, 0.6) is 0 Å². The van der Waals surface area contributed by atoms with Crippen molar-refractivity contribution < 1.29 is 19.1 Å². The van der Waals surface area contributed by atoms with Crippen molar-refractivity contribution in [3.05, 3.63) is 24.2 Å². The first kappa shape index (κ1) is 15.6. The average molecular weight is 294 g/mol. The molecule has 1 amide bonds. The van der Waals surface area contributed by atoms with E-state index in [1.807, 2.05) is 12.1 Å². The van der Waals surface area contributed by atoms with Crippen LogP contribution in [0.15, 0.2) is 22.8 Å². The Morgan fingerprint density at radius 3 is 2.48 bits per heavy atom. The highest BCUT2D eigenvalue weighted by molar-refractivity contribution is 5.84. The minimum Gasteiger partial charge on any atom is -0.481 e. The van der Waals surface area contributed by atoms with Gasteiger partial charge in [0.25, 0.3) is 0 Å². The van der Waals surface area contributed by atoms with Crippen molar-refractivity contribution in [2.45, 2.75) is 26.8 Å². The number of carbonyl (C=O) groups is 2. The summed E-state index contributed by atoms with van der Waals surface area (Å²) in [4.78, 5) is 27.2. The van der Waals surface area contributed by atoms with Crippen LogP contribution in [0, 0.1) is 5.41 Å². The molecule has 0 atom stereocenters. The van der Waals surface area contributed by atoms with E-state index in [1.54, 1.807) is 25.0 Å². The fraction of sp³-hybridized carbons (Fsp3) is 0.600. The van der Waals surface area contributed by atoms with Gasteiger partial charge in [-0.25, -0.2) is 0 Å². The van der Waals surface area contributed by atoms with E-state index < -0.39 is 11.4 Å². The lowest BCUT2D eigenvalue weighted by Crippen LogP contribution is -2.49. The summed E-state index contributed by atoms with van der Waals surface area (Å²) in [7, 11) is 0. The molecule has 21 heavy (non-hydrogen) atoms. The number of amides is 1. The van der Waals surface area contributed by atoms with E-state index >= 15 is 0 Å². The maximum atomic E-state index is 12.2. The van der Waals surface area contributed by atoms with Gasteiger partial charge in [0.1, 0.15) is 5.76 Å². The van der Waals surface area contributed by atoms with Gasteiger partial charge in [-0.2, -0.15) is 0 Å². The molecule has 1 N–H and O–H groups in total. The van der Waals surface area contributed by atoms with Crippen molar-refractivity contribution in [3.63, 3.8) is 0 Å². The van der Waals surface area contributed by atoms with Crippen molar-refractivity contribution in [1.82, 2.24) is 9.80 Å². The van der Waals surface area contributed by atoms with Crippen molar-refractivity contribution in [2.75, 3.05) is 26.2 Å². The molecule has 6 heteroatoms. The van der Waals surface area contributed by atoms with Crippen LogP contribution in [0.4, 0.5) is 0 Å². The van der Waals surface area contributed by atoms with Crippen LogP contribution in [0.2, 0.25) is 0 Å². The maximum Gasteiger partial charge on any atom is 0.309 e. The van der Waals surface area contributed by atoms with Gasteiger partial charge in [-0.15, -0.1) is 0 Å². The van der Waals surface area contributed by atoms with E-state index in [9.17, 15) is 9.59 Å². The minimum atomic E-state index is -1.01. The quantitative estimate of drug-likeness (QED) is 0.889. The molecule has 0 bridgehead atoms. The zero-order valence-corrected chi connectivity index (χ0v) is 12.5. The molecule has 1 aromatic rings. The van der Waals surface area contributed by atoms with Gasteiger partial charge in [0.2, 0.25) is 5.91 Å². The number of aliphatic carboxylic acids is 1. The fourth-order valence-electron chi connectivity index (χ4n) is 2.34. The Balaban J connectivity index is 1.80. The van der Waals surface area contributed by atoms with Crippen molar-refractivity contribution >= 4 is 11.9 Å². The standard InChI is InChI=1S/C15H22N2O4/c1-15(2,14(19)20)10-13(18)17-7-5-16(6-8-17)11-12-4-3-9-21-12/h3-4,9H,5-8,10-11H2,1-2H3,(H,19,20). The lowest BCUT2D eigenvalue weighted by molar-refractivity contribution is -0.152. The largest absolute Gasteiger partial charge is 0.481 e. The van der Waals surface area contributed by atoms with E-state index in [1.165, 1.54) is 0 Å². The number of piperazine rings is 1. The molecule has 2 heterocycles. The molecule has 1 aliphatic rings. The highest BCUT2D eigenvalue weighted by atomic mass is 16.4. The summed E-state index contributed by atoms with van der Waals surface area (Å²) in [6.45, 7) is 6.74. The SMILES string of the molecule is CC(C)(CC(=O)N1CCN(Cc2ccco2)CC1)C(=O)O. The third-order valence-corrected chi connectivity index (χ3v) is 3.86. The molecule has 0 radical (unpaired) electrons. The molecule has 6 nitrogen and oxygen atoms in total. The van der Waals surface area contributed by atoms with E-state index in [0.29, 0.717) is 13.1 Å². The van der Waals surface area contributed by atoms with Crippen molar-refractivity contribution in [3.8, 4) is 0 Å². The van der Waals surface area contributed by atoms with E-state index in [-0.39, 0.29) is 12.3 Å². The summed E-state index contributed by atoms with van der Waals surface area (Å²) in [5, 5.41) is 9.08. The number of hydrogen-bond acceptors (Lipinski definition) is 4. The monoisotopic (exact) mass is 294 g/mol. The van der Waals surface area contributed by atoms with Gasteiger partial charge in [-0.1, -0.05) is 0 Å². The summed E-state index contributed by atoms with van der Waals surface area (Å²) in [5.74, 6) is -0.103. The van der Waals surface area contributed by atoms with Crippen LogP contribution in [-0.4, -0.2) is 53.0 Å². The Bertz CT molecular complexity index is 488. The van der Waals surface area contributed by atoms with Crippen LogP contribution in [0.1, 0.15) is 26.0 Å². The van der Waals surface area contributed by atoms with Gasteiger partial charge in [-0.05, 0) is 26.0 Å². The Morgan fingerprint density at radius 1 is 1.29 bits per heavy atom. The molecule has 1 aromatic heterocycles. The first-order chi connectivity index (χ1) is 9.88. The van der Waals surface area contributed by atoms with E-state index in [2.05, 4.69) is 4.90 Å². The normalized spacial score (nSPS) is 17.0. The Hall–Kier alpha value is -1.82. The van der Waals surface area contributed by atoms with E-state index in [4.69, 9.17) is 9.52 Å². The number of carbonyl (C=O) groups excluding carboxylic acids is 1. The Kier molecular flexibility index (Phi) is 4.67. The summed E-state index contributed by atoms with van der Waals surface area (Å²) in [5.41, 5.74) is -1.01. The smallest absolute Gasteiger partial charge is 0.309 e. The predicted octanol–water partition coefficient (Wildman–Crippen LogP) is 1.42. The number of carboxylic acid groups (broad SMARTS) is 1. The second-order valence-electron chi connectivity index (χ2n) is 6.10. The lowest BCUT2D eigenvalue weighted by Gasteiger charge is -2.35. The van der Waals surface area contributed by atoms with Gasteiger partial charge >= 0.3 is 5.97 Å². The van der Waals surface area contributed by atoms with Gasteiger partial charge in [0.15, 0.2) is 0 Å². The molecule has 2 rings (SSSR count). The molecular formula is C15H22N2O4. The topological polar surface area (TPSA) is 74.0 Å². The number of carboxylic acids is 1. The van der Waals surface area contributed by atoms with Gasteiger partial charge in [-0.3, -0.25) is 14.5 Å². The molecule has 1 saturated heterocycles. The average Bonchev–Trinajstić information content (AvgIpc) is 2.91. The summed E-state index contributed by atoms with van der Waals surface area (Å²) in [6, 6.07) is 3.80. The van der Waals surface area contributed by atoms with Crippen LogP contribution >= 0.6 is 0 Å². The molecule has 116 valence electrons. The third-order valence-electron chi connectivity index (χ3n) is 3.86. The lowest BCUT2D eigenvalue weighted by atomic mass is 9.89. The van der Waals surface area contributed by atoms with Gasteiger partial charge < -0.3 is 14.4 Å². The number of hydrogen-bond donors (Lipinski definition) is 1. The molecule has 0 aromatic carbocycles. The fourth-order valence-corrected chi connectivity index (χ4v) is 2.34. The Morgan fingerprint density at radius 2 is 1.95 bits per heavy atom. The molecule has 1 aliphatic heterocycles. The van der Waals surface area contributed by atoms with E-state index in [0.717, 1.165) is 25.4 Å².